The Hall–Kier alpha value is -1.69. The molecule has 1 N–H and O–H groups in total. The van der Waals surface area contributed by atoms with E-state index in [0.717, 1.165) is 57.9 Å². The Morgan fingerprint density at radius 1 is 1.27 bits per heavy atom. The summed E-state index contributed by atoms with van der Waals surface area (Å²) >= 11 is 0. The average molecular weight is 304 g/mol. The first kappa shape index (κ1) is 15.2. The molecule has 0 radical (unpaired) electrons. The summed E-state index contributed by atoms with van der Waals surface area (Å²) in [5.41, 5.74) is 0. The van der Waals surface area contributed by atoms with Crippen molar-refractivity contribution < 1.29 is 9.53 Å². The van der Waals surface area contributed by atoms with Crippen molar-refractivity contribution in [1.29, 1.82) is 0 Å². The number of hydrogen-bond acceptors (Lipinski definition) is 5. The fraction of sp³-hybridized carbons (Fsp3) is 0.688. The molecule has 0 aliphatic carbocycles. The SMILES string of the molecule is O=C(NCC1CCOCC1)[C@@H]1CCCN(c2ncccn2)C1. The molecule has 1 aromatic heterocycles. The molecule has 1 amide bonds. The van der Waals surface area contributed by atoms with Crippen LogP contribution < -0.4 is 10.2 Å². The van der Waals surface area contributed by atoms with E-state index in [4.69, 9.17) is 4.74 Å². The highest BCUT2D eigenvalue weighted by Crippen LogP contribution is 2.20. The van der Waals surface area contributed by atoms with Gasteiger partial charge >= 0.3 is 0 Å². The molecule has 0 spiro atoms. The fourth-order valence-corrected chi connectivity index (χ4v) is 3.17. The highest BCUT2D eigenvalue weighted by molar-refractivity contribution is 5.79. The molecule has 0 bridgehead atoms. The fourth-order valence-electron chi connectivity index (χ4n) is 3.17. The summed E-state index contributed by atoms with van der Waals surface area (Å²) in [4.78, 5) is 23.1. The van der Waals surface area contributed by atoms with E-state index in [2.05, 4.69) is 20.2 Å². The number of hydrogen-bond donors (Lipinski definition) is 1. The van der Waals surface area contributed by atoms with Crippen LogP contribution in [-0.4, -0.2) is 48.7 Å². The maximum Gasteiger partial charge on any atom is 0.225 e. The van der Waals surface area contributed by atoms with Gasteiger partial charge in [-0.25, -0.2) is 9.97 Å². The van der Waals surface area contributed by atoms with Gasteiger partial charge in [0.25, 0.3) is 0 Å². The number of nitrogens with zero attached hydrogens (tertiary/aromatic N) is 3. The van der Waals surface area contributed by atoms with Gasteiger partial charge < -0.3 is 15.0 Å². The van der Waals surface area contributed by atoms with Crippen molar-refractivity contribution in [3.63, 3.8) is 0 Å². The van der Waals surface area contributed by atoms with E-state index in [1.54, 1.807) is 12.4 Å². The molecule has 0 unspecified atom stereocenters. The molecule has 2 saturated heterocycles. The van der Waals surface area contributed by atoms with Gasteiger partial charge in [0.1, 0.15) is 0 Å². The largest absolute Gasteiger partial charge is 0.381 e. The second-order valence-corrected chi connectivity index (χ2v) is 6.13. The molecule has 1 atom stereocenters. The number of carbonyl (C=O) groups is 1. The standard InChI is InChI=1S/C16H24N4O2/c21-15(19-11-13-4-9-22-10-5-13)14-3-1-8-20(12-14)16-17-6-2-7-18-16/h2,6-7,13-14H,1,3-5,8-12H2,(H,19,21)/t14-/m1/s1. The van der Waals surface area contributed by atoms with Gasteiger partial charge in [-0.1, -0.05) is 0 Å². The monoisotopic (exact) mass is 304 g/mol. The topological polar surface area (TPSA) is 67.3 Å². The summed E-state index contributed by atoms with van der Waals surface area (Å²) in [6.07, 6.45) is 7.55. The van der Waals surface area contributed by atoms with Crippen molar-refractivity contribution in [1.82, 2.24) is 15.3 Å². The zero-order valence-electron chi connectivity index (χ0n) is 12.9. The third kappa shape index (κ3) is 3.94. The zero-order valence-corrected chi connectivity index (χ0v) is 12.9. The van der Waals surface area contributed by atoms with Gasteiger partial charge in [-0.2, -0.15) is 0 Å². The number of aromatic nitrogens is 2. The van der Waals surface area contributed by atoms with Crippen molar-refractivity contribution >= 4 is 11.9 Å². The Kier molecular flexibility index (Phi) is 5.21. The van der Waals surface area contributed by atoms with Crippen LogP contribution in [0.15, 0.2) is 18.5 Å². The zero-order chi connectivity index (χ0) is 15.2. The molecule has 6 nitrogen and oxygen atoms in total. The minimum atomic E-state index is 0.0393. The van der Waals surface area contributed by atoms with Crippen LogP contribution in [0.5, 0.6) is 0 Å². The molecule has 2 fully saturated rings. The van der Waals surface area contributed by atoms with E-state index in [-0.39, 0.29) is 11.8 Å². The Balaban J connectivity index is 1.49. The summed E-state index contributed by atoms with van der Waals surface area (Å²) in [5, 5.41) is 3.13. The highest BCUT2D eigenvalue weighted by Gasteiger charge is 2.27. The molecule has 2 aliphatic rings. The van der Waals surface area contributed by atoms with Gasteiger partial charge in [-0.3, -0.25) is 4.79 Å². The molecule has 1 aromatic rings. The van der Waals surface area contributed by atoms with E-state index in [0.29, 0.717) is 12.5 Å². The van der Waals surface area contributed by atoms with Crippen LogP contribution in [0, 0.1) is 11.8 Å². The molecule has 6 heteroatoms. The van der Waals surface area contributed by atoms with Crippen LogP contribution >= 0.6 is 0 Å². The normalized spacial score (nSPS) is 23.3. The van der Waals surface area contributed by atoms with E-state index >= 15 is 0 Å². The average Bonchev–Trinajstić information content (AvgIpc) is 2.61. The molecule has 120 valence electrons. The predicted molar refractivity (Wildman–Crippen MR) is 83.5 cm³/mol. The van der Waals surface area contributed by atoms with Gasteiger partial charge in [-0.15, -0.1) is 0 Å². The van der Waals surface area contributed by atoms with Gasteiger partial charge in [-0.05, 0) is 37.7 Å². The van der Waals surface area contributed by atoms with Crippen molar-refractivity contribution in [2.24, 2.45) is 11.8 Å². The molecule has 22 heavy (non-hydrogen) atoms. The van der Waals surface area contributed by atoms with E-state index in [9.17, 15) is 4.79 Å². The van der Waals surface area contributed by atoms with Crippen LogP contribution in [0.4, 0.5) is 5.95 Å². The molecular weight excluding hydrogens is 280 g/mol. The van der Waals surface area contributed by atoms with Crippen LogP contribution in [0.25, 0.3) is 0 Å². The third-order valence-corrected chi connectivity index (χ3v) is 4.53. The number of piperidine rings is 1. The molecule has 3 rings (SSSR count). The Morgan fingerprint density at radius 3 is 2.82 bits per heavy atom. The quantitative estimate of drug-likeness (QED) is 0.906. The van der Waals surface area contributed by atoms with E-state index in [1.165, 1.54) is 0 Å². The van der Waals surface area contributed by atoms with Crippen LogP contribution in [0.1, 0.15) is 25.7 Å². The van der Waals surface area contributed by atoms with Gasteiger partial charge in [0.2, 0.25) is 11.9 Å². The van der Waals surface area contributed by atoms with Crippen LogP contribution in [-0.2, 0) is 9.53 Å². The molecule has 0 saturated carbocycles. The summed E-state index contributed by atoms with van der Waals surface area (Å²) < 4.78 is 5.35. The molecule has 0 aromatic carbocycles. The lowest BCUT2D eigenvalue weighted by atomic mass is 9.96. The summed E-state index contributed by atoms with van der Waals surface area (Å²) in [6.45, 7) is 4.06. The second kappa shape index (κ2) is 7.54. The van der Waals surface area contributed by atoms with Crippen molar-refractivity contribution in [2.45, 2.75) is 25.7 Å². The van der Waals surface area contributed by atoms with Gasteiger partial charge in [0, 0.05) is 45.2 Å². The minimum absolute atomic E-state index is 0.0393. The summed E-state index contributed by atoms with van der Waals surface area (Å²) in [5.74, 6) is 1.50. The van der Waals surface area contributed by atoms with Crippen molar-refractivity contribution in [3.05, 3.63) is 18.5 Å². The first-order valence-corrected chi connectivity index (χ1v) is 8.20. The Morgan fingerprint density at radius 2 is 2.05 bits per heavy atom. The van der Waals surface area contributed by atoms with Gasteiger partial charge in [0.15, 0.2) is 0 Å². The lowest BCUT2D eigenvalue weighted by molar-refractivity contribution is -0.125. The summed E-state index contributed by atoms with van der Waals surface area (Å²) in [7, 11) is 0. The Bertz CT molecular complexity index is 476. The maximum absolute atomic E-state index is 12.4. The lowest BCUT2D eigenvalue weighted by Crippen LogP contribution is -2.45. The first-order valence-electron chi connectivity index (χ1n) is 8.20. The smallest absolute Gasteiger partial charge is 0.225 e. The highest BCUT2D eigenvalue weighted by atomic mass is 16.5. The number of ether oxygens (including phenoxy) is 1. The summed E-state index contributed by atoms with van der Waals surface area (Å²) in [6, 6.07) is 1.81. The van der Waals surface area contributed by atoms with Crippen molar-refractivity contribution in [3.8, 4) is 0 Å². The molecular formula is C16H24N4O2. The Labute approximate surface area is 131 Å². The van der Waals surface area contributed by atoms with E-state index in [1.807, 2.05) is 6.07 Å². The number of nitrogens with one attached hydrogen (secondary N) is 1. The van der Waals surface area contributed by atoms with Crippen LogP contribution in [0.2, 0.25) is 0 Å². The third-order valence-electron chi connectivity index (χ3n) is 4.53. The number of rotatable bonds is 4. The predicted octanol–water partition coefficient (Wildman–Crippen LogP) is 1.24. The number of anilines is 1. The van der Waals surface area contributed by atoms with E-state index < -0.39 is 0 Å². The molecule has 2 aliphatic heterocycles. The number of amides is 1. The first-order chi connectivity index (χ1) is 10.8. The second-order valence-electron chi connectivity index (χ2n) is 6.13. The van der Waals surface area contributed by atoms with Crippen LogP contribution in [0.3, 0.4) is 0 Å². The molecule has 3 heterocycles. The van der Waals surface area contributed by atoms with Gasteiger partial charge in [0.05, 0.1) is 5.92 Å². The maximum atomic E-state index is 12.4. The van der Waals surface area contributed by atoms with Crippen molar-refractivity contribution in [2.75, 3.05) is 37.7 Å². The number of carbonyl (C=O) groups excluding carboxylic acids is 1. The lowest BCUT2D eigenvalue weighted by Gasteiger charge is -2.32. The minimum Gasteiger partial charge on any atom is -0.381 e.